The van der Waals surface area contributed by atoms with Crippen molar-refractivity contribution in [2.24, 2.45) is 0 Å². The summed E-state index contributed by atoms with van der Waals surface area (Å²) in [4.78, 5) is 23.9. The molecule has 2 rings (SSSR count). The summed E-state index contributed by atoms with van der Waals surface area (Å²) < 4.78 is 10.4. The molecule has 6 nitrogen and oxygen atoms in total. The number of ether oxygens (including phenoxy) is 2. The van der Waals surface area contributed by atoms with Gasteiger partial charge in [0.15, 0.2) is 6.61 Å². The Bertz CT molecular complexity index is 732. The van der Waals surface area contributed by atoms with E-state index in [1.807, 2.05) is 6.92 Å². The van der Waals surface area contributed by atoms with Crippen LogP contribution in [-0.2, 0) is 9.53 Å². The molecule has 2 aromatic carbocycles. The van der Waals surface area contributed by atoms with Gasteiger partial charge in [-0.2, -0.15) is 0 Å². The van der Waals surface area contributed by atoms with Crippen LogP contribution in [0.5, 0.6) is 5.75 Å². The summed E-state index contributed by atoms with van der Waals surface area (Å²) in [6, 6.07) is 13.3. The average molecular weight is 377 g/mol. The first kappa shape index (κ1) is 19.8. The van der Waals surface area contributed by atoms with E-state index in [0.717, 1.165) is 0 Å². The number of nitrogens with one attached hydrogen (secondary N) is 2. The average Bonchev–Trinajstić information content (AvgIpc) is 2.62. The molecule has 0 unspecified atom stereocenters. The van der Waals surface area contributed by atoms with Gasteiger partial charge in [0.25, 0.3) is 11.8 Å². The van der Waals surface area contributed by atoms with Crippen LogP contribution < -0.4 is 15.4 Å². The Hall–Kier alpha value is -2.57. The highest BCUT2D eigenvalue weighted by Crippen LogP contribution is 2.17. The summed E-state index contributed by atoms with van der Waals surface area (Å²) in [5, 5.41) is 6.11. The summed E-state index contributed by atoms with van der Waals surface area (Å²) in [7, 11) is 1.58. The number of anilines is 1. The van der Waals surface area contributed by atoms with E-state index in [1.54, 1.807) is 55.6 Å². The molecule has 0 saturated carbocycles. The number of methoxy groups -OCH3 is 1. The standard InChI is InChI=1S/C19H21ClN2O4/c1-13(11-25-2)21-18(23)12-26-17-9-7-16(8-10-17)22-19(24)14-3-5-15(20)6-4-14/h3-10,13H,11-12H2,1-2H3,(H,21,23)(H,22,24)/t13-/m1/s1. The lowest BCUT2D eigenvalue weighted by atomic mass is 10.2. The molecule has 0 spiro atoms. The van der Waals surface area contributed by atoms with Gasteiger partial charge in [0, 0.05) is 29.4 Å². The van der Waals surface area contributed by atoms with Crippen molar-refractivity contribution in [2.75, 3.05) is 25.6 Å². The van der Waals surface area contributed by atoms with Gasteiger partial charge in [-0.1, -0.05) is 11.6 Å². The molecule has 0 aliphatic heterocycles. The first-order valence-electron chi connectivity index (χ1n) is 8.06. The van der Waals surface area contributed by atoms with Gasteiger partial charge in [0.1, 0.15) is 5.75 Å². The molecule has 7 heteroatoms. The molecule has 2 N–H and O–H groups in total. The van der Waals surface area contributed by atoms with Crippen molar-refractivity contribution in [1.29, 1.82) is 0 Å². The van der Waals surface area contributed by atoms with E-state index in [0.29, 0.717) is 28.6 Å². The van der Waals surface area contributed by atoms with Gasteiger partial charge >= 0.3 is 0 Å². The molecular formula is C19H21ClN2O4. The van der Waals surface area contributed by atoms with Crippen LogP contribution in [0.2, 0.25) is 5.02 Å². The molecule has 0 aliphatic carbocycles. The molecular weight excluding hydrogens is 356 g/mol. The van der Waals surface area contributed by atoms with E-state index in [4.69, 9.17) is 21.1 Å². The van der Waals surface area contributed by atoms with Crippen molar-refractivity contribution in [3.63, 3.8) is 0 Å². The Morgan fingerprint density at radius 2 is 1.73 bits per heavy atom. The Balaban J connectivity index is 1.83. The summed E-state index contributed by atoms with van der Waals surface area (Å²) >= 11 is 5.81. The molecule has 26 heavy (non-hydrogen) atoms. The summed E-state index contributed by atoms with van der Waals surface area (Å²) in [5.41, 5.74) is 1.13. The smallest absolute Gasteiger partial charge is 0.258 e. The number of rotatable bonds is 8. The van der Waals surface area contributed by atoms with Crippen LogP contribution in [0.25, 0.3) is 0 Å². The van der Waals surface area contributed by atoms with E-state index >= 15 is 0 Å². The topological polar surface area (TPSA) is 76.7 Å². The molecule has 138 valence electrons. The Labute approximate surface area is 157 Å². The van der Waals surface area contributed by atoms with Crippen LogP contribution in [-0.4, -0.2) is 38.2 Å². The van der Waals surface area contributed by atoms with E-state index in [2.05, 4.69) is 10.6 Å². The van der Waals surface area contributed by atoms with Crippen molar-refractivity contribution >= 4 is 29.1 Å². The van der Waals surface area contributed by atoms with Crippen LogP contribution in [0.15, 0.2) is 48.5 Å². The molecule has 0 fully saturated rings. The van der Waals surface area contributed by atoms with Gasteiger partial charge in [-0.15, -0.1) is 0 Å². The minimum Gasteiger partial charge on any atom is -0.484 e. The maximum absolute atomic E-state index is 12.1. The Morgan fingerprint density at radius 3 is 2.35 bits per heavy atom. The minimum atomic E-state index is -0.234. The number of halogens is 1. The first-order valence-corrected chi connectivity index (χ1v) is 8.44. The van der Waals surface area contributed by atoms with E-state index in [1.165, 1.54) is 0 Å². The second kappa shape index (κ2) is 9.79. The molecule has 0 radical (unpaired) electrons. The van der Waals surface area contributed by atoms with Crippen molar-refractivity contribution in [1.82, 2.24) is 5.32 Å². The van der Waals surface area contributed by atoms with Crippen LogP contribution in [0.4, 0.5) is 5.69 Å². The molecule has 0 aliphatic rings. The highest BCUT2D eigenvalue weighted by Gasteiger charge is 2.09. The Kier molecular flexibility index (Phi) is 7.44. The lowest BCUT2D eigenvalue weighted by molar-refractivity contribution is -0.124. The van der Waals surface area contributed by atoms with Crippen molar-refractivity contribution in [3.8, 4) is 5.75 Å². The Morgan fingerprint density at radius 1 is 1.08 bits per heavy atom. The van der Waals surface area contributed by atoms with Crippen LogP contribution in [0.3, 0.4) is 0 Å². The zero-order chi connectivity index (χ0) is 18.9. The number of benzene rings is 2. The van der Waals surface area contributed by atoms with E-state index in [-0.39, 0.29) is 24.5 Å². The molecule has 2 aromatic rings. The fourth-order valence-corrected chi connectivity index (χ4v) is 2.32. The lowest BCUT2D eigenvalue weighted by Crippen LogP contribution is -2.38. The lowest BCUT2D eigenvalue weighted by Gasteiger charge is -2.13. The molecule has 0 saturated heterocycles. The van der Waals surface area contributed by atoms with Crippen LogP contribution >= 0.6 is 11.6 Å². The number of carbonyl (C=O) groups excluding carboxylic acids is 2. The van der Waals surface area contributed by atoms with Crippen molar-refractivity contribution < 1.29 is 19.1 Å². The van der Waals surface area contributed by atoms with Crippen molar-refractivity contribution in [2.45, 2.75) is 13.0 Å². The zero-order valence-corrected chi connectivity index (χ0v) is 15.4. The number of hydrogen-bond acceptors (Lipinski definition) is 4. The SMILES string of the molecule is COC[C@@H](C)NC(=O)COc1ccc(NC(=O)c2ccc(Cl)cc2)cc1. The summed E-state index contributed by atoms with van der Waals surface area (Å²) in [6.07, 6.45) is 0. The highest BCUT2D eigenvalue weighted by molar-refractivity contribution is 6.30. The fourth-order valence-electron chi connectivity index (χ4n) is 2.20. The second-order valence-electron chi connectivity index (χ2n) is 5.70. The third-order valence-corrected chi connectivity index (χ3v) is 3.66. The molecule has 0 heterocycles. The van der Waals surface area contributed by atoms with Gasteiger partial charge in [-0.3, -0.25) is 9.59 Å². The van der Waals surface area contributed by atoms with Gasteiger partial charge in [-0.25, -0.2) is 0 Å². The highest BCUT2D eigenvalue weighted by atomic mass is 35.5. The maximum Gasteiger partial charge on any atom is 0.258 e. The number of carbonyl (C=O) groups is 2. The molecule has 0 aromatic heterocycles. The number of amides is 2. The van der Waals surface area contributed by atoms with Crippen molar-refractivity contribution in [3.05, 3.63) is 59.1 Å². The zero-order valence-electron chi connectivity index (χ0n) is 14.6. The van der Waals surface area contributed by atoms with Gasteiger partial charge < -0.3 is 20.1 Å². The van der Waals surface area contributed by atoms with Crippen LogP contribution in [0.1, 0.15) is 17.3 Å². The maximum atomic E-state index is 12.1. The quantitative estimate of drug-likeness (QED) is 0.742. The largest absolute Gasteiger partial charge is 0.484 e. The van der Waals surface area contributed by atoms with Gasteiger partial charge in [-0.05, 0) is 55.5 Å². The monoisotopic (exact) mass is 376 g/mol. The second-order valence-corrected chi connectivity index (χ2v) is 6.13. The minimum absolute atomic E-state index is 0.0819. The predicted octanol–water partition coefficient (Wildman–Crippen LogP) is 3.12. The molecule has 1 atom stereocenters. The van der Waals surface area contributed by atoms with Gasteiger partial charge in [0.05, 0.1) is 6.61 Å². The van der Waals surface area contributed by atoms with E-state index < -0.39 is 0 Å². The molecule has 2 amide bonds. The van der Waals surface area contributed by atoms with Gasteiger partial charge in [0.2, 0.25) is 0 Å². The third kappa shape index (κ3) is 6.38. The summed E-state index contributed by atoms with van der Waals surface area (Å²) in [5.74, 6) is 0.0700. The predicted molar refractivity (Wildman–Crippen MR) is 101 cm³/mol. The van der Waals surface area contributed by atoms with Crippen LogP contribution in [0, 0.1) is 0 Å². The normalized spacial score (nSPS) is 11.5. The first-order chi connectivity index (χ1) is 12.5. The molecule has 0 bridgehead atoms. The third-order valence-electron chi connectivity index (χ3n) is 3.41. The van der Waals surface area contributed by atoms with E-state index in [9.17, 15) is 9.59 Å². The summed E-state index contributed by atoms with van der Waals surface area (Å²) in [6.45, 7) is 2.19. The fraction of sp³-hybridized carbons (Fsp3) is 0.263. The number of hydrogen-bond donors (Lipinski definition) is 2.